The number of ether oxygens (including phenoxy) is 3. The van der Waals surface area contributed by atoms with Crippen molar-refractivity contribution in [2.45, 2.75) is 20.4 Å². The van der Waals surface area contributed by atoms with Gasteiger partial charge in [-0.15, -0.1) is 0 Å². The Kier molecular flexibility index (Phi) is 10.1. The Morgan fingerprint density at radius 2 is 1.93 bits per heavy atom. The van der Waals surface area contributed by atoms with Gasteiger partial charge in [-0.25, -0.2) is 9.79 Å². The molecular formula is C29H30BrN3O6S. The summed E-state index contributed by atoms with van der Waals surface area (Å²) in [5.74, 6) is -0.298. The van der Waals surface area contributed by atoms with Crippen LogP contribution in [0.2, 0.25) is 0 Å². The van der Waals surface area contributed by atoms with E-state index in [4.69, 9.17) is 14.2 Å². The monoisotopic (exact) mass is 627 g/mol. The number of nitrogens with zero attached hydrogens (tertiary/aromatic N) is 2. The van der Waals surface area contributed by atoms with Gasteiger partial charge in [0, 0.05) is 40.8 Å². The summed E-state index contributed by atoms with van der Waals surface area (Å²) >= 11 is 4.70. The number of hydrogen-bond acceptors (Lipinski definition) is 8. The molecule has 2 heterocycles. The molecule has 1 aliphatic heterocycles. The van der Waals surface area contributed by atoms with E-state index in [9.17, 15) is 14.7 Å². The molecule has 1 amide bonds. The van der Waals surface area contributed by atoms with Crippen LogP contribution >= 0.6 is 27.7 Å². The van der Waals surface area contributed by atoms with Gasteiger partial charge in [-0.05, 0) is 62.4 Å². The van der Waals surface area contributed by atoms with E-state index in [1.54, 1.807) is 44.4 Å². The lowest BCUT2D eigenvalue weighted by atomic mass is 10.1. The molecule has 2 N–H and O–H groups in total. The molecule has 0 aliphatic carbocycles. The number of aliphatic hydroxyl groups is 1. The maximum atomic E-state index is 12.8. The van der Waals surface area contributed by atoms with E-state index in [1.807, 2.05) is 35.9 Å². The van der Waals surface area contributed by atoms with Gasteiger partial charge in [0.05, 0.1) is 30.4 Å². The van der Waals surface area contributed by atoms with E-state index < -0.39 is 5.97 Å². The lowest BCUT2D eigenvalue weighted by Crippen LogP contribution is -2.30. The van der Waals surface area contributed by atoms with Crippen molar-refractivity contribution in [1.82, 2.24) is 9.88 Å². The van der Waals surface area contributed by atoms with E-state index in [-0.39, 0.29) is 30.4 Å². The second kappa shape index (κ2) is 13.7. The average molecular weight is 629 g/mol. The zero-order valence-electron chi connectivity index (χ0n) is 22.4. The molecule has 0 saturated heterocycles. The Balaban J connectivity index is 1.72. The first-order valence-corrected chi connectivity index (χ1v) is 14.3. The minimum atomic E-state index is -0.654. The largest absolute Gasteiger partial charge is 0.506 e. The van der Waals surface area contributed by atoms with E-state index in [1.165, 1.54) is 11.8 Å². The molecule has 11 heteroatoms. The average Bonchev–Trinajstić information content (AvgIpc) is 3.41. The summed E-state index contributed by atoms with van der Waals surface area (Å²) < 4.78 is 18.4. The van der Waals surface area contributed by atoms with Gasteiger partial charge < -0.3 is 29.2 Å². The van der Waals surface area contributed by atoms with Gasteiger partial charge in [0.15, 0.2) is 0 Å². The Morgan fingerprint density at radius 3 is 2.62 bits per heavy atom. The quantitative estimate of drug-likeness (QED) is 0.205. The first-order valence-electron chi connectivity index (χ1n) is 12.7. The van der Waals surface area contributed by atoms with Gasteiger partial charge >= 0.3 is 5.97 Å². The van der Waals surface area contributed by atoms with Gasteiger partial charge in [-0.3, -0.25) is 4.79 Å². The number of aliphatic hydroxyl groups excluding tert-OH is 1. The molecule has 0 spiro atoms. The van der Waals surface area contributed by atoms with Gasteiger partial charge in [-0.1, -0.05) is 27.7 Å². The minimum absolute atomic E-state index is 0.00873. The fraction of sp³-hybridized carbons (Fsp3) is 0.276. The summed E-state index contributed by atoms with van der Waals surface area (Å²) in [5, 5.41) is 15.2. The predicted molar refractivity (Wildman–Crippen MR) is 161 cm³/mol. The van der Waals surface area contributed by atoms with E-state index in [0.29, 0.717) is 41.1 Å². The van der Waals surface area contributed by atoms with Crippen LogP contribution in [0.25, 0.3) is 17.0 Å². The molecule has 0 unspecified atom stereocenters. The third-order valence-corrected chi connectivity index (χ3v) is 7.36. The molecule has 4 rings (SSSR count). The topological polar surface area (TPSA) is 111 Å². The van der Waals surface area contributed by atoms with Crippen LogP contribution in [-0.2, 0) is 25.6 Å². The Hall–Kier alpha value is -3.54. The Labute approximate surface area is 245 Å². The number of methoxy groups -OCH3 is 1. The number of carbonyl (C=O) groups is 2. The fourth-order valence-electron chi connectivity index (χ4n) is 4.08. The van der Waals surface area contributed by atoms with E-state index in [2.05, 4.69) is 26.2 Å². The molecular weight excluding hydrogens is 598 g/mol. The second-order valence-electron chi connectivity index (χ2n) is 8.62. The SMILES string of the molecule is CCOC(=O)C1=C(O)/C(=C/c2cn(CC(=O)NCCOC)c3ccc(Br)cc23)SC1=Nc1ccc(OCC)cc1. The third-order valence-electron chi connectivity index (χ3n) is 5.85. The van der Waals surface area contributed by atoms with Crippen LogP contribution in [0.3, 0.4) is 0 Å². The van der Waals surface area contributed by atoms with Crippen molar-refractivity contribution in [3.8, 4) is 5.75 Å². The Bertz CT molecular complexity index is 1490. The van der Waals surface area contributed by atoms with Gasteiger partial charge in [0.1, 0.15) is 28.7 Å². The maximum Gasteiger partial charge on any atom is 0.344 e. The first kappa shape index (κ1) is 29.4. The van der Waals surface area contributed by atoms with Gasteiger partial charge in [0.25, 0.3) is 0 Å². The summed E-state index contributed by atoms with van der Waals surface area (Å²) in [6.45, 7) is 5.27. The number of nitrogens with one attached hydrogen (secondary N) is 1. The molecule has 0 radical (unpaired) electrons. The molecule has 1 aliphatic rings. The number of benzene rings is 2. The predicted octanol–water partition coefficient (Wildman–Crippen LogP) is 5.76. The van der Waals surface area contributed by atoms with Crippen LogP contribution in [0, 0.1) is 0 Å². The van der Waals surface area contributed by atoms with Crippen molar-refractivity contribution in [3.05, 3.63) is 74.9 Å². The molecule has 0 atom stereocenters. The van der Waals surface area contributed by atoms with Crippen LogP contribution in [-0.4, -0.2) is 60.1 Å². The number of hydrogen-bond donors (Lipinski definition) is 2. The lowest BCUT2D eigenvalue weighted by Gasteiger charge is -2.07. The first-order chi connectivity index (χ1) is 19.3. The summed E-state index contributed by atoms with van der Waals surface area (Å²) in [4.78, 5) is 30.4. The van der Waals surface area contributed by atoms with Crippen LogP contribution < -0.4 is 10.1 Å². The maximum absolute atomic E-state index is 12.8. The second-order valence-corrected chi connectivity index (χ2v) is 10.6. The summed E-state index contributed by atoms with van der Waals surface area (Å²) in [6.07, 6.45) is 3.63. The number of rotatable bonds is 11. The van der Waals surface area contributed by atoms with Gasteiger partial charge in [0.2, 0.25) is 5.91 Å². The molecule has 1 aromatic heterocycles. The summed E-state index contributed by atoms with van der Waals surface area (Å²) in [6, 6.07) is 12.9. The Morgan fingerprint density at radius 1 is 1.15 bits per heavy atom. The highest BCUT2D eigenvalue weighted by molar-refractivity contribution is 9.10. The van der Waals surface area contributed by atoms with Crippen molar-refractivity contribution in [1.29, 1.82) is 0 Å². The fourth-order valence-corrected chi connectivity index (χ4v) is 5.47. The van der Waals surface area contributed by atoms with Crippen LogP contribution in [0.5, 0.6) is 5.75 Å². The van der Waals surface area contributed by atoms with Crippen molar-refractivity contribution in [2.24, 2.45) is 4.99 Å². The van der Waals surface area contributed by atoms with Crippen LogP contribution in [0.15, 0.2) is 74.4 Å². The van der Waals surface area contributed by atoms with Crippen LogP contribution in [0.1, 0.15) is 19.4 Å². The van der Waals surface area contributed by atoms with Crippen molar-refractivity contribution in [3.63, 3.8) is 0 Å². The summed E-state index contributed by atoms with van der Waals surface area (Å²) in [5.41, 5.74) is 2.22. The zero-order chi connectivity index (χ0) is 28.6. The lowest BCUT2D eigenvalue weighted by molar-refractivity contribution is -0.138. The smallest absolute Gasteiger partial charge is 0.344 e. The normalized spacial score (nSPS) is 15.3. The molecule has 0 saturated carbocycles. The number of carbonyl (C=O) groups excluding carboxylic acids is 2. The number of aromatic nitrogens is 1. The number of halogens is 1. The minimum Gasteiger partial charge on any atom is -0.506 e. The third kappa shape index (κ3) is 6.96. The summed E-state index contributed by atoms with van der Waals surface area (Å²) in [7, 11) is 1.58. The van der Waals surface area contributed by atoms with Gasteiger partial charge in [-0.2, -0.15) is 0 Å². The van der Waals surface area contributed by atoms with E-state index in [0.717, 1.165) is 20.9 Å². The molecule has 3 aromatic rings. The molecule has 9 nitrogen and oxygen atoms in total. The van der Waals surface area contributed by atoms with Crippen LogP contribution in [0.4, 0.5) is 5.69 Å². The number of aliphatic imine (C=N–C) groups is 1. The number of esters is 1. The highest BCUT2D eigenvalue weighted by atomic mass is 79.9. The molecule has 0 fully saturated rings. The zero-order valence-corrected chi connectivity index (χ0v) is 24.8. The highest BCUT2D eigenvalue weighted by Crippen LogP contribution is 2.41. The molecule has 2 aromatic carbocycles. The molecule has 210 valence electrons. The van der Waals surface area contributed by atoms with Crippen molar-refractivity contribution >= 4 is 67.3 Å². The standard InChI is InChI=1S/C29H30BrN3O6S/c1-4-38-21-9-7-20(8-10-21)32-28-26(29(36)39-5-2)27(35)24(40-28)14-18-16-33(17-25(34)31-12-13-37-3)23-11-6-19(30)15-22(18)23/h6-11,14-16,35H,4-5,12-13,17H2,1-3H3,(H,31,34)/b24-14-,32-28?. The number of thioether (sulfide) groups is 1. The number of fused-ring (bicyclic) bond motifs is 1. The highest BCUT2D eigenvalue weighted by Gasteiger charge is 2.33. The molecule has 40 heavy (non-hydrogen) atoms. The van der Waals surface area contributed by atoms with E-state index >= 15 is 0 Å². The van der Waals surface area contributed by atoms with Crippen molar-refractivity contribution in [2.75, 3.05) is 33.5 Å². The van der Waals surface area contributed by atoms with Crippen molar-refractivity contribution < 1.29 is 28.9 Å². The molecule has 0 bridgehead atoms. The number of amides is 1.